The molecule has 2 heterocycles. The van der Waals surface area contributed by atoms with Crippen molar-refractivity contribution in [2.24, 2.45) is 0 Å². The van der Waals surface area contributed by atoms with Crippen LogP contribution in [0.4, 0.5) is 0 Å². The molecular formula is C7H7ClN2O3S2. The summed E-state index contributed by atoms with van der Waals surface area (Å²) in [5.41, 5.74) is 0.467. The highest BCUT2D eigenvalue weighted by Crippen LogP contribution is 2.37. The number of nitrogens with one attached hydrogen (secondary N) is 1. The van der Waals surface area contributed by atoms with Gasteiger partial charge < -0.3 is 9.46 Å². The molecule has 0 aromatic carbocycles. The lowest BCUT2D eigenvalue weighted by Gasteiger charge is -2.21. The minimum absolute atomic E-state index is 0.0216. The van der Waals surface area contributed by atoms with E-state index in [4.69, 9.17) is 15.4 Å². The predicted octanol–water partition coefficient (Wildman–Crippen LogP) is 1.25. The van der Waals surface area contributed by atoms with Crippen LogP contribution in [0.1, 0.15) is 0 Å². The van der Waals surface area contributed by atoms with Gasteiger partial charge in [-0.25, -0.2) is 8.42 Å². The van der Waals surface area contributed by atoms with E-state index in [2.05, 4.69) is 4.72 Å². The zero-order chi connectivity index (χ0) is 11.1. The largest absolute Gasteiger partial charge is 0.495 e. The topological polar surface area (TPSA) is 58.6 Å². The molecule has 0 saturated carbocycles. The molecule has 5 nitrogen and oxygen atoms in total. The average molecular weight is 267 g/mol. The van der Waals surface area contributed by atoms with E-state index in [0.717, 1.165) is 0 Å². The fourth-order valence-corrected chi connectivity index (χ4v) is 3.23. The molecule has 0 amide bonds. The molecule has 0 atom stereocenters. The van der Waals surface area contributed by atoms with E-state index in [1.54, 1.807) is 22.8 Å². The van der Waals surface area contributed by atoms with Gasteiger partial charge in [0.25, 0.3) is 9.05 Å². The highest BCUT2D eigenvalue weighted by atomic mass is 35.7. The lowest BCUT2D eigenvalue weighted by Crippen LogP contribution is -2.16. The molecule has 8 heteroatoms. The van der Waals surface area contributed by atoms with Gasteiger partial charge in [-0.05, 0) is 6.08 Å². The average Bonchev–Trinajstić information content (AvgIpc) is 2.61. The summed E-state index contributed by atoms with van der Waals surface area (Å²) in [6.45, 7) is 0. The van der Waals surface area contributed by atoms with E-state index < -0.39 is 9.05 Å². The molecule has 0 aromatic rings. The molecule has 0 radical (unpaired) electrons. The number of hydrogen-bond acceptors (Lipinski definition) is 6. The third-order valence-corrected chi connectivity index (χ3v) is 3.96. The van der Waals surface area contributed by atoms with E-state index in [1.807, 2.05) is 0 Å². The van der Waals surface area contributed by atoms with Crippen LogP contribution < -0.4 is 4.72 Å². The van der Waals surface area contributed by atoms with Crippen LogP contribution in [-0.2, 0) is 13.8 Å². The van der Waals surface area contributed by atoms with Gasteiger partial charge in [0.15, 0.2) is 4.91 Å². The zero-order valence-electron chi connectivity index (χ0n) is 7.60. The lowest BCUT2D eigenvalue weighted by atomic mass is 10.3. The number of ether oxygens (including phenoxy) is 1. The molecule has 0 unspecified atom stereocenters. The Morgan fingerprint density at radius 1 is 1.60 bits per heavy atom. The first-order valence-corrected chi connectivity index (χ1v) is 6.95. The van der Waals surface area contributed by atoms with Crippen molar-refractivity contribution >= 4 is 31.9 Å². The van der Waals surface area contributed by atoms with Gasteiger partial charge in [0.2, 0.25) is 0 Å². The molecule has 15 heavy (non-hydrogen) atoms. The van der Waals surface area contributed by atoms with Gasteiger partial charge in [-0.1, -0.05) is 0 Å². The summed E-state index contributed by atoms with van der Waals surface area (Å²) >= 11 is 1.25. The standard InChI is InChI=1S/C7H7ClN2O3S2/c1-13-6-2-3-10-5(4-9-14-10)7(6)15(8,11)12/h2-4,9H,1H3. The zero-order valence-corrected chi connectivity index (χ0v) is 9.99. The fraction of sp³-hybridized carbons (Fsp3) is 0.143. The lowest BCUT2D eigenvalue weighted by molar-refractivity contribution is 0.302. The van der Waals surface area contributed by atoms with Crippen molar-refractivity contribution in [3.05, 3.63) is 34.8 Å². The monoisotopic (exact) mass is 266 g/mol. The SMILES string of the molecule is COC1=C(S(=O)(=O)Cl)C2=CNSN2C=C1. The molecule has 2 aliphatic heterocycles. The van der Waals surface area contributed by atoms with E-state index in [9.17, 15) is 8.42 Å². The smallest absolute Gasteiger partial charge is 0.267 e. The maximum Gasteiger partial charge on any atom is 0.267 e. The van der Waals surface area contributed by atoms with E-state index in [0.29, 0.717) is 5.70 Å². The van der Waals surface area contributed by atoms with E-state index >= 15 is 0 Å². The summed E-state index contributed by atoms with van der Waals surface area (Å²) in [6.07, 6.45) is 4.80. The van der Waals surface area contributed by atoms with Crippen molar-refractivity contribution in [3.8, 4) is 0 Å². The molecule has 0 bridgehead atoms. The first-order chi connectivity index (χ1) is 7.04. The highest BCUT2D eigenvalue weighted by Gasteiger charge is 2.32. The van der Waals surface area contributed by atoms with Crippen LogP contribution >= 0.6 is 22.8 Å². The van der Waals surface area contributed by atoms with Crippen LogP contribution in [0.15, 0.2) is 34.8 Å². The van der Waals surface area contributed by atoms with Crippen LogP contribution in [0.2, 0.25) is 0 Å². The summed E-state index contributed by atoms with van der Waals surface area (Å²) in [7, 11) is 2.92. The van der Waals surface area contributed by atoms with Gasteiger partial charge in [0.05, 0.1) is 24.9 Å². The predicted molar refractivity (Wildman–Crippen MR) is 58.6 cm³/mol. The first-order valence-electron chi connectivity index (χ1n) is 3.87. The van der Waals surface area contributed by atoms with Crippen molar-refractivity contribution in [1.82, 2.24) is 9.03 Å². The van der Waals surface area contributed by atoms with Gasteiger partial charge >= 0.3 is 0 Å². The summed E-state index contributed by atoms with van der Waals surface area (Å²) in [5, 5.41) is 0. The second kappa shape index (κ2) is 3.66. The van der Waals surface area contributed by atoms with E-state index in [1.165, 1.54) is 19.2 Å². The van der Waals surface area contributed by atoms with Crippen LogP contribution in [0, 0.1) is 0 Å². The minimum atomic E-state index is -3.83. The highest BCUT2D eigenvalue weighted by molar-refractivity contribution is 8.17. The van der Waals surface area contributed by atoms with Crippen molar-refractivity contribution in [1.29, 1.82) is 0 Å². The molecule has 0 aliphatic carbocycles. The molecule has 0 saturated heterocycles. The Balaban J connectivity index is 2.60. The summed E-state index contributed by atoms with van der Waals surface area (Å²) in [4.78, 5) is -0.0216. The van der Waals surface area contributed by atoms with Gasteiger partial charge in [0.1, 0.15) is 5.76 Å². The number of rotatable bonds is 2. The van der Waals surface area contributed by atoms with Crippen LogP contribution in [0.3, 0.4) is 0 Å². The number of allylic oxidation sites excluding steroid dienone is 1. The normalized spacial score (nSPS) is 19.9. The Hall–Kier alpha value is -0.790. The maximum atomic E-state index is 11.4. The van der Waals surface area contributed by atoms with Crippen molar-refractivity contribution in [2.75, 3.05) is 7.11 Å². The molecule has 0 fully saturated rings. The van der Waals surface area contributed by atoms with E-state index in [-0.39, 0.29) is 10.7 Å². The minimum Gasteiger partial charge on any atom is -0.495 e. The molecule has 82 valence electrons. The third kappa shape index (κ3) is 1.82. The van der Waals surface area contributed by atoms with Crippen molar-refractivity contribution in [3.63, 3.8) is 0 Å². The van der Waals surface area contributed by atoms with Crippen molar-refractivity contribution in [2.45, 2.75) is 0 Å². The van der Waals surface area contributed by atoms with Crippen LogP contribution in [0.5, 0.6) is 0 Å². The van der Waals surface area contributed by atoms with Gasteiger partial charge in [0, 0.05) is 23.1 Å². The Bertz CT molecular complexity index is 480. The summed E-state index contributed by atoms with van der Waals surface area (Å²) < 4.78 is 32.2. The van der Waals surface area contributed by atoms with Crippen LogP contribution in [-0.4, -0.2) is 19.8 Å². The van der Waals surface area contributed by atoms with Gasteiger partial charge in [-0.3, -0.25) is 4.31 Å². The molecule has 2 aliphatic rings. The second-order valence-electron chi connectivity index (χ2n) is 2.72. The summed E-state index contributed by atoms with van der Waals surface area (Å²) in [5.74, 6) is 0.233. The Morgan fingerprint density at radius 3 is 2.93 bits per heavy atom. The molecule has 2 rings (SSSR count). The quantitative estimate of drug-likeness (QED) is 0.600. The molecule has 1 N–H and O–H groups in total. The number of halogens is 1. The van der Waals surface area contributed by atoms with Crippen molar-refractivity contribution < 1.29 is 13.2 Å². The number of nitrogens with zero attached hydrogens (tertiary/aromatic N) is 1. The van der Waals surface area contributed by atoms with Gasteiger partial charge in [-0.2, -0.15) is 0 Å². The number of hydrogen-bond donors (Lipinski definition) is 1. The fourth-order valence-electron chi connectivity index (χ4n) is 1.27. The Labute approximate surface area is 96.1 Å². The van der Waals surface area contributed by atoms with Gasteiger partial charge in [-0.15, -0.1) is 0 Å². The maximum absolute atomic E-state index is 11.4. The molecule has 0 spiro atoms. The number of fused-ring (bicyclic) bond motifs is 1. The Morgan fingerprint density at radius 2 is 2.33 bits per heavy atom. The first kappa shape index (κ1) is 10.7. The molecule has 0 aromatic heterocycles. The third-order valence-electron chi connectivity index (χ3n) is 1.87. The second-order valence-corrected chi connectivity index (χ2v) is 6.03. The van der Waals surface area contributed by atoms with Crippen LogP contribution in [0.25, 0.3) is 0 Å². The Kier molecular flexibility index (Phi) is 2.61. The summed E-state index contributed by atoms with van der Waals surface area (Å²) in [6, 6.07) is 0. The molecular weight excluding hydrogens is 260 g/mol. The number of methoxy groups -OCH3 is 1.